The fourth-order valence-electron chi connectivity index (χ4n) is 3.02. The number of fused-ring (bicyclic) bond motifs is 1. The summed E-state index contributed by atoms with van der Waals surface area (Å²) in [5.74, 6) is 0.199. The summed E-state index contributed by atoms with van der Waals surface area (Å²) in [5.41, 5.74) is 1.75. The van der Waals surface area contributed by atoms with Crippen LogP contribution in [0.15, 0.2) is 30.6 Å². The topological polar surface area (TPSA) is 55.6 Å². The summed E-state index contributed by atoms with van der Waals surface area (Å²) in [6, 6.07) is 5.93. The van der Waals surface area contributed by atoms with Crippen molar-refractivity contribution in [3.05, 3.63) is 36.3 Å². The van der Waals surface area contributed by atoms with Crippen molar-refractivity contribution in [1.29, 1.82) is 0 Å². The van der Waals surface area contributed by atoms with Crippen molar-refractivity contribution in [2.24, 2.45) is 5.92 Å². The lowest BCUT2D eigenvalue weighted by atomic mass is 9.88. The normalized spacial score (nSPS) is 20.9. The van der Waals surface area contributed by atoms with Gasteiger partial charge in [-0.1, -0.05) is 6.07 Å². The monoisotopic (exact) mass is 301 g/mol. The molecular formula is C17H23N3O2. The van der Waals surface area contributed by atoms with Crippen LogP contribution in [0.2, 0.25) is 0 Å². The van der Waals surface area contributed by atoms with E-state index in [1.54, 1.807) is 0 Å². The molecule has 0 aliphatic carbocycles. The van der Waals surface area contributed by atoms with Gasteiger partial charge >= 0.3 is 0 Å². The Morgan fingerprint density at radius 1 is 1.50 bits per heavy atom. The van der Waals surface area contributed by atoms with E-state index in [9.17, 15) is 4.79 Å². The molecule has 1 aliphatic heterocycles. The molecular weight excluding hydrogens is 278 g/mol. The molecule has 1 fully saturated rings. The second-order valence-electron chi connectivity index (χ2n) is 6.54. The maximum absolute atomic E-state index is 12.3. The molecule has 1 N–H and O–H groups in total. The lowest BCUT2D eigenvalue weighted by Gasteiger charge is -2.34. The summed E-state index contributed by atoms with van der Waals surface area (Å²) < 4.78 is 7.66. The minimum Gasteiger partial charge on any atom is -0.376 e. The van der Waals surface area contributed by atoms with Crippen molar-refractivity contribution >= 4 is 11.6 Å². The first kappa shape index (κ1) is 15.0. The predicted molar refractivity (Wildman–Crippen MR) is 84.7 cm³/mol. The Morgan fingerprint density at radius 3 is 3.14 bits per heavy atom. The molecule has 22 heavy (non-hydrogen) atoms. The SMILES string of the molecule is CC1(C)CC(C(=O)NCCc2cn3ccccc3n2)CCO1. The van der Waals surface area contributed by atoms with Crippen molar-refractivity contribution in [3.8, 4) is 0 Å². The van der Waals surface area contributed by atoms with Crippen LogP contribution in [0.4, 0.5) is 0 Å². The van der Waals surface area contributed by atoms with Crippen molar-refractivity contribution in [3.63, 3.8) is 0 Å². The lowest BCUT2D eigenvalue weighted by Crippen LogP contribution is -2.41. The molecule has 0 radical (unpaired) electrons. The molecule has 3 rings (SSSR count). The quantitative estimate of drug-likeness (QED) is 0.942. The zero-order chi connectivity index (χ0) is 15.6. The summed E-state index contributed by atoms with van der Waals surface area (Å²) in [5, 5.41) is 3.04. The average molecular weight is 301 g/mol. The van der Waals surface area contributed by atoms with Crippen LogP contribution in [-0.2, 0) is 16.0 Å². The third-order valence-corrected chi connectivity index (χ3v) is 4.16. The van der Waals surface area contributed by atoms with E-state index in [0.717, 1.165) is 30.6 Å². The van der Waals surface area contributed by atoms with E-state index in [4.69, 9.17) is 4.74 Å². The van der Waals surface area contributed by atoms with Gasteiger partial charge in [0.25, 0.3) is 0 Å². The third-order valence-electron chi connectivity index (χ3n) is 4.16. The first-order chi connectivity index (χ1) is 10.5. The third kappa shape index (κ3) is 3.47. The maximum atomic E-state index is 12.3. The van der Waals surface area contributed by atoms with Gasteiger partial charge in [-0.2, -0.15) is 0 Å². The van der Waals surface area contributed by atoms with E-state index in [1.807, 2.05) is 48.8 Å². The van der Waals surface area contributed by atoms with E-state index in [1.165, 1.54) is 0 Å². The number of nitrogens with one attached hydrogen (secondary N) is 1. The molecule has 2 aromatic rings. The highest BCUT2D eigenvalue weighted by Crippen LogP contribution is 2.28. The molecule has 2 aromatic heterocycles. The highest BCUT2D eigenvalue weighted by molar-refractivity contribution is 5.78. The second kappa shape index (κ2) is 6.08. The van der Waals surface area contributed by atoms with Gasteiger partial charge in [-0.25, -0.2) is 4.98 Å². The Balaban J connectivity index is 1.51. The van der Waals surface area contributed by atoms with Gasteiger partial charge in [-0.15, -0.1) is 0 Å². The molecule has 0 aromatic carbocycles. The Bertz CT molecular complexity index is 630. The smallest absolute Gasteiger partial charge is 0.223 e. The Labute approximate surface area is 130 Å². The van der Waals surface area contributed by atoms with Gasteiger partial charge in [-0.3, -0.25) is 4.79 Å². The van der Waals surface area contributed by atoms with Crippen molar-refractivity contribution in [2.75, 3.05) is 13.2 Å². The summed E-state index contributed by atoms with van der Waals surface area (Å²) in [6.45, 7) is 5.38. The van der Waals surface area contributed by atoms with Gasteiger partial charge in [0.1, 0.15) is 5.65 Å². The number of hydrogen-bond acceptors (Lipinski definition) is 3. The number of pyridine rings is 1. The molecule has 5 heteroatoms. The number of amides is 1. The number of nitrogens with zero attached hydrogens (tertiary/aromatic N) is 2. The van der Waals surface area contributed by atoms with Crippen LogP contribution in [0.1, 0.15) is 32.4 Å². The molecule has 1 saturated heterocycles. The summed E-state index contributed by atoms with van der Waals surface area (Å²) in [4.78, 5) is 16.8. The fourth-order valence-corrected chi connectivity index (χ4v) is 3.02. The minimum atomic E-state index is -0.193. The molecule has 1 atom stereocenters. The number of imidazole rings is 1. The Morgan fingerprint density at radius 2 is 2.36 bits per heavy atom. The van der Waals surface area contributed by atoms with E-state index >= 15 is 0 Å². The summed E-state index contributed by atoms with van der Waals surface area (Å²) in [6.07, 6.45) is 6.34. The predicted octanol–water partition coefficient (Wildman–Crippen LogP) is 2.20. The van der Waals surface area contributed by atoms with Crippen LogP contribution in [0.3, 0.4) is 0 Å². The van der Waals surface area contributed by atoms with Crippen LogP contribution in [0.5, 0.6) is 0 Å². The van der Waals surface area contributed by atoms with E-state index < -0.39 is 0 Å². The first-order valence-corrected chi connectivity index (χ1v) is 7.88. The van der Waals surface area contributed by atoms with Gasteiger partial charge in [0.2, 0.25) is 5.91 Å². The van der Waals surface area contributed by atoms with E-state index in [2.05, 4.69) is 10.3 Å². The number of carbonyl (C=O) groups is 1. The van der Waals surface area contributed by atoms with Crippen molar-refractivity contribution in [2.45, 2.75) is 38.7 Å². The molecule has 1 unspecified atom stereocenters. The molecule has 1 amide bonds. The van der Waals surface area contributed by atoms with Crippen molar-refractivity contribution in [1.82, 2.24) is 14.7 Å². The van der Waals surface area contributed by atoms with E-state index in [0.29, 0.717) is 13.2 Å². The molecule has 0 bridgehead atoms. The minimum absolute atomic E-state index is 0.0600. The fraction of sp³-hybridized carbons (Fsp3) is 0.529. The van der Waals surface area contributed by atoms with Gasteiger partial charge in [-0.05, 0) is 38.8 Å². The maximum Gasteiger partial charge on any atom is 0.223 e. The van der Waals surface area contributed by atoms with Gasteiger partial charge in [0.15, 0.2) is 0 Å². The number of hydrogen-bond donors (Lipinski definition) is 1. The summed E-state index contributed by atoms with van der Waals surface area (Å²) in [7, 11) is 0. The number of ether oxygens (including phenoxy) is 1. The van der Waals surface area contributed by atoms with Gasteiger partial charge < -0.3 is 14.5 Å². The van der Waals surface area contributed by atoms with Gasteiger partial charge in [0, 0.05) is 37.9 Å². The summed E-state index contributed by atoms with van der Waals surface area (Å²) >= 11 is 0. The lowest BCUT2D eigenvalue weighted by molar-refractivity contribution is -0.135. The second-order valence-corrected chi connectivity index (χ2v) is 6.54. The molecule has 5 nitrogen and oxygen atoms in total. The van der Waals surface area contributed by atoms with Crippen LogP contribution < -0.4 is 5.32 Å². The van der Waals surface area contributed by atoms with Crippen molar-refractivity contribution < 1.29 is 9.53 Å². The Hall–Kier alpha value is -1.88. The standard InChI is InChI=1S/C17H23N3O2/c1-17(2)11-13(7-10-22-17)16(21)18-8-6-14-12-20-9-4-3-5-15(20)19-14/h3-5,9,12-13H,6-8,10-11H2,1-2H3,(H,18,21). The molecule has 3 heterocycles. The number of rotatable bonds is 4. The molecule has 0 spiro atoms. The van der Waals surface area contributed by atoms with Crippen LogP contribution >= 0.6 is 0 Å². The highest BCUT2D eigenvalue weighted by atomic mass is 16.5. The highest BCUT2D eigenvalue weighted by Gasteiger charge is 2.32. The van der Waals surface area contributed by atoms with Crippen LogP contribution in [0, 0.1) is 5.92 Å². The largest absolute Gasteiger partial charge is 0.376 e. The first-order valence-electron chi connectivity index (χ1n) is 7.88. The molecule has 1 aliphatic rings. The van der Waals surface area contributed by atoms with E-state index in [-0.39, 0.29) is 17.4 Å². The zero-order valence-corrected chi connectivity index (χ0v) is 13.2. The van der Waals surface area contributed by atoms with Gasteiger partial charge in [0.05, 0.1) is 11.3 Å². The molecule has 118 valence electrons. The zero-order valence-electron chi connectivity index (χ0n) is 13.2. The van der Waals surface area contributed by atoms with Crippen LogP contribution in [-0.4, -0.2) is 34.0 Å². The average Bonchev–Trinajstić information content (AvgIpc) is 2.88. The Kier molecular flexibility index (Phi) is 4.16. The van der Waals surface area contributed by atoms with Crippen LogP contribution in [0.25, 0.3) is 5.65 Å². The number of carbonyl (C=O) groups excluding carboxylic acids is 1. The molecule has 0 saturated carbocycles. The number of aromatic nitrogens is 2.